The zero-order valence-electron chi connectivity index (χ0n) is 38.7. The third-order valence-electron chi connectivity index (χ3n) is 11.2. The molecule has 2 heterocycles. The Morgan fingerprint density at radius 2 is 1.21 bits per heavy atom. The number of fused-ring (bicyclic) bond motifs is 2. The topological polar surface area (TPSA) is 58.5 Å². The maximum absolute atomic E-state index is 6.02. The molecule has 0 atom stereocenters. The summed E-state index contributed by atoms with van der Waals surface area (Å²) in [6, 6.07) is 51.1. The van der Waals surface area contributed by atoms with Gasteiger partial charge in [0.2, 0.25) is 11.8 Å². The molecular formula is C62H54N4O2. The van der Waals surface area contributed by atoms with E-state index in [0.29, 0.717) is 11.8 Å². The van der Waals surface area contributed by atoms with Crippen molar-refractivity contribution in [1.82, 2.24) is 9.97 Å². The van der Waals surface area contributed by atoms with E-state index < -0.39 is 0 Å². The first kappa shape index (κ1) is 45.8. The average molecular weight is 887 g/mol. The highest BCUT2D eigenvalue weighted by Gasteiger charge is 2.14. The molecule has 6 nitrogen and oxygen atoms in total. The van der Waals surface area contributed by atoms with E-state index in [-0.39, 0.29) is 0 Å². The highest BCUT2D eigenvalue weighted by Crippen LogP contribution is 2.33. The molecule has 0 aliphatic rings. The van der Waals surface area contributed by atoms with Crippen molar-refractivity contribution in [2.24, 2.45) is 0 Å². The fraction of sp³-hybridized carbons (Fsp3) is 0.0645. The summed E-state index contributed by atoms with van der Waals surface area (Å²) in [4.78, 5) is 13.6. The van der Waals surface area contributed by atoms with Gasteiger partial charge in [0.25, 0.3) is 0 Å². The van der Waals surface area contributed by atoms with Crippen molar-refractivity contribution in [3.63, 3.8) is 0 Å². The minimum Gasteiger partial charge on any atom is -0.436 e. The molecule has 68 heavy (non-hydrogen) atoms. The Hall–Kier alpha value is -8.74. The second kappa shape index (κ2) is 22.4. The Labute approximate surface area is 399 Å². The third kappa shape index (κ3) is 11.6. The maximum atomic E-state index is 6.02. The van der Waals surface area contributed by atoms with Crippen molar-refractivity contribution in [1.29, 1.82) is 0 Å². The van der Waals surface area contributed by atoms with E-state index in [1.54, 1.807) is 6.08 Å². The van der Waals surface area contributed by atoms with Crippen LogP contribution >= 0.6 is 0 Å². The molecule has 0 aliphatic carbocycles. The van der Waals surface area contributed by atoms with Crippen molar-refractivity contribution in [3.8, 4) is 22.9 Å². The van der Waals surface area contributed by atoms with Crippen LogP contribution in [-0.4, -0.2) is 9.97 Å². The van der Waals surface area contributed by atoms with Crippen molar-refractivity contribution in [2.45, 2.75) is 27.2 Å². The van der Waals surface area contributed by atoms with Crippen LogP contribution in [0.3, 0.4) is 0 Å². The molecule has 2 aromatic heterocycles. The Morgan fingerprint density at radius 1 is 0.603 bits per heavy atom. The van der Waals surface area contributed by atoms with E-state index in [9.17, 15) is 0 Å². The molecule has 8 aromatic rings. The lowest BCUT2D eigenvalue weighted by Crippen LogP contribution is -2.14. The molecule has 0 radical (unpaired) electrons. The summed E-state index contributed by atoms with van der Waals surface area (Å²) >= 11 is 0. The molecule has 0 aliphatic heterocycles. The second-order valence-electron chi connectivity index (χ2n) is 16.0. The van der Waals surface area contributed by atoms with Crippen molar-refractivity contribution >= 4 is 44.8 Å². The smallest absolute Gasteiger partial charge is 0.227 e. The summed E-state index contributed by atoms with van der Waals surface area (Å²) in [5, 5.41) is 0. The Bertz CT molecular complexity index is 3190. The van der Waals surface area contributed by atoms with Gasteiger partial charge in [-0.2, -0.15) is 0 Å². The van der Waals surface area contributed by atoms with E-state index in [0.717, 1.165) is 73.8 Å². The van der Waals surface area contributed by atoms with Crippen LogP contribution in [0.5, 0.6) is 0 Å². The molecule has 0 amide bonds. The molecule has 6 aromatic carbocycles. The molecule has 0 N–H and O–H groups in total. The lowest BCUT2D eigenvalue weighted by molar-refractivity contribution is 0.619. The van der Waals surface area contributed by atoms with Gasteiger partial charge in [0.15, 0.2) is 11.2 Å². The minimum atomic E-state index is 0.597. The van der Waals surface area contributed by atoms with E-state index in [1.807, 2.05) is 121 Å². The van der Waals surface area contributed by atoms with E-state index in [2.05, 4.69) is 163 Å². The van der Waals surface area contributed by atoms with Crippen LogP contribution in [0.1, 0.15) is 31.9 Å². The Kier molecular flexibility index (Phi) is 15.1. The largest absolute Gasteiger partial charge is 0.436 e. The highest BCUT2D eigenvalue weighted by atomic mass is 16.4. The summed E-state index contributed by atoms with van der Waals surface area (Å²) in [7, 11) is 0. The first-order chi connectivity index (χ1) is 33.4. The number of oxazole rings is 2. The fourth-order valence-corrected chi connectivity index (χ4v) is 7.66. The number of rotatable bonds is 18. The van der Waals surface area contributed by atoms with Crippen LogP contribution in [0.15, 0.2) is 276 Å². The van der Waals surface area contributed by atoms with Gasteiger partial charge in [-0.05, 0) is 153 Å². The van der Waals surface area contributed by atoms with Gasteiger partial charge >= 0.3 is 0 Å². The van der Waals surface area contributed by atoms with Gasteiger partial charge in [-0.25, -0.2) is 9.97 Å². The number of hydrogen-bond donors (Lipinski definition) is 0. The fourth-order valence-electron chi connectivity index (χ4n) is 7.66. The normalized spacial score (nSPS) is 12.8. The van der Waals surface area contributed by atoms with Crippen molar-refractivity contribution in [2.75, 3.05) is 9.80 Å². The summed E-state index contributed by atoms with van der Waals surface area (Å²) in [6.45, 7) is 14.6. The van der Waals surface area contributed by atoms with Crippen LogP contribution in [0.2, 0.25) is 0 Å². The zero-order chi connectivity index (χ0) is 47.1. The van der Waals surface area contributed by atoms with Gasteiger partial charge in [0, 0.05) is 45.8 Å². The number of hydrogen-bond acceptors (Lipinski definition) is 6. The minimum absolute atomic E-state index is 0.597. The van der Waals surface area contributed by atoms with Gasteiger partial charge in [-0.1, -0.05) is 141 Å². The van der Waals surface area contributed by atoms with E-state index >= 15 is 0 Å². The Morgan fingerprint density at radius 3 is 1.84 bits per heavy atom. The first-order valence-corrected chi connectivity index (χ1v) is 22.7. The summed E-state index contributed by atoms with van der Waals surface area (Å²) in [5.41, 5.74) is 14.7. The zero-order valence-corrected chi connectivity index (χ0v) is 38.7. The molecule has 0 saturated carbocycles. The van der Waals surface area contributed by atoms with E-state index in [1.165, 1.54) is 16.7 Å². The standard InChI is InChI=1S/C62H54N4O2/c1-6-8-9-21-43-65(54-39-35-51(36-40-54)61-63-57-31-17-19-33-59(57)67-61)47(4)23-13-16-26-50-27-22-28-53(45-50)46(3)44-49(7-2)25-15-14-24-48(5)66(55-29-11-10-12-30-55)56-41-37-52(38-42-56)62-64-58-32-18-20-34-60(58)68-62/h6-25,27-45H,1,5,26H2,2-4H3/b9-8-,16-13-,24-14-,25-15+,43-21+,46-44+,47-23+,49-7-. The summed E-state index contributed by atoms with van der Waals surface area (Å²) in [5.74, 6) is 1.20. The lowest BCUT2D eigenvalue weighted by atomic mass is 10.0. The Balaban J connectivity index is 0.902. The predicted octanol–water partition coefficient (Wildman–Crippen LogP) is 16.9. The molecule has 0 spiro atoms. The van der Waals surface area contributed by atoms with E-state index in [4.69, 9.17) is 8.83 Å². The summed E-state index contributed by atoms with van der Waals surface area (Å²) in [6.07, 6.45) is 29.6. The molecule has 0 bridgehead atoms. The van der Waals surface area contributed by atoms with Crippen molar-refractivity contribution < 1.29 is 8.83 Å². The highest BCUT2D eigenvalue weighted by molar-refractivity contribution is 5.78. The maximum Gasteiger partial charge on any atom is 0.227 e. The molecular weight excluding hydrogens is 833 g/mol. The average Bonchev–Trinajstić information content (AvgIpc) is 4.02. The molecule has 334 valence electrons. The number of aromatic nitrogens is 2. The van der Waals surface area contributed by atoms with Crippen LogP contribution < -0.4 is 9.80 Å². The number of benzene rings is 6. The first-order valence-electron chi connectivity index (χ1n) is 22.7. The molecule has 8 rings (SSSR count). The van der Waals surface area contributed by atoms with Gasteiger partial charge in [0.05, 0.1) is 0 Å². The van der Waals surface area contributed by atoms with Crippen LogP contribution in [0, 0.1) is 0 Å². The monoisotopic (exact) mass is 886 g/mol. The van der Waals surface area contributed by atoms with Gasteiger partial charge in [-0.15, -0.1) is 0 Å². The quantitative estimate of drug-likeness (QED) is 0.0800. The number of anilines is 3. The SMILES string of the molecule is C=C/C=C\C=C\N(/C(C)=C/C=C\Cc1cccc(/C(C)=C/C(=C\C)/C=C/C=C\C(=C)N(c2ccccc2)c2ccc(-c3nc4ccccc4o3)cc2)c1)c1ccc(-c2nc3ccccc3o2)cc1. The predicted molar refractivity (Wildman–Crippen MR) is 286 cm³/mol. The second-order valence-corrected chi connectivity index (χ2v) is 16.0. The van der Waals surface area contributed by atoms with Crippen LogP contribution in [0.25, 0.3) is 50.7 Å². The van der Waals surface area contributed by atoms with Gasteiger partial charge in [-0.3, -0.25) is 0 Å². The molecule has 0 unspecified atom stereocenters. The molecule has 6 heteroatoms. The number of allylic oxidation sites excluding steroid dienone is 16. The van der Waals surface area contributed by atoms with Crippen LogP contribution in [-0.2, 0) is 6.42 Å². The third-order valence-corrected chi connectivity index (χ3v) is 11.2. The van der Waals surface area contributed by atoms with Gasteiger partial charge < -0.3 is 18.6 Å². The molecule has 0 saturated heterocycles. The number of para-hydroxylation sites is 5. The van der Waals surface area contributed by atoms with Crippen molar-refractivity contribution in [3.05, 3.63) is 278 Å². The number of nitrogens with zero attached hydrogens (tertiary/aromatic N) is 4. The molecule has 0 fully saturated rings. The van der Waals surface area contributed by atoms with Gasteiger partial charge in [0.1, 0.15) is 11.0 Å². The van der Waals surface area contributed by atoms with Crippen LogP contribution in [0.4, 0.5) is 17.1 Å². The lowest BCUT2D eigenvalue weighted by Gasteiger charge is -2.25. The summed E-state index contributed by atoms with van der Waals surface area (Å²) < 4.78 is 12.0.